The lowest BCUT2D eigenvalue weighted by Gasteiger charge is -2.16. The van der Waals surface area contributed by atoms with Crippen molar-refractivity contribution in [3.8, 4) is 0 Å². The number of carbonyl (C=O) groups is 2. The van der Waals surface area contributed by atoms with E-state index in [0.717, 1.165) is 22.5 Å². The molecule has 1 fully saturated rings. The van der Waals surface area contributed by atoms with Crippen LogP contribution in [0, 0.1) is 5.92 Å². The predicted molar refractivity (Wildman–Crippen MR) is 84.1 cm³/mol. The summed E-state index contributed by atoms with van der Waals surface area (Å²) in [5.74, 6) is -2.59. The molecule has 1 aromatic carbocycles. The van der Waals surface area contributed by atoms with Gasteiger partial charge in [-0.15, -0.1) is 0 Å². The van der Waals surface area contributed by atoms with Crippen LogP contribution < -0.4 is 0 Å². The normalized spacial score (nSPS) is 20.3. The molecule has 2 aromatic rings. The standard InChI is InChI=1S/C17H16F3N3O3/c18-17(19,20)14-6-7-23(21-14)10-15(24)22-8-12(13(9-22)16(25)26)11-4-2-1-3-5-11/h1-7,12-13H,8-10H2,(H,25,26). The van der Waals surface area contributed by atoms with Crippen LogP contribution in [-0.4, -0.2) is 44.8 Å². The number of halogens is 3. The number of hydrogen-bond donors (Lipinski definition) is 1. The Balaban J connectivity index is 1.72. The number of carboxylic acid groups (broad SMARTS) is 1. The number of amides is 1. The van der Waals surface area contributed by atoms with E-state index >= 15 is 0 Å². The molecule has 2 heterocycles. The molecule has 0 spiro atoms. The molecule has 1 amide bonds. The number of carbonyl (C=O) groups excluding carboxylic acids is 1. The molecule has 1 aliphatic rings. The minimum atomic E-state index is -4.57. The Morgan fingerprint density at radius 1 is 1.15 bits per heavy atom. The molecule has 1 aromatic heterocycles. The largest absolute Gasteiger partial charge is 0.481 e. The number of carboxylic acids is 1. The highest BCUT2D eigenvalue weighted by molar-refractivity contribution is 5.79. The summed E-state index contributed by atoms with van der Waals surface area (Å²) in [5.41, 5.74) is -0.258. The first-order valence-corrected chi connectivity index (χ1v) is 7.92. The van der Waals surface area contributed by atoms with Crippen molar-refractivity contribution in [2.45, 2.75) is 18.6 Å². The molecular weight excluding hydrogens is 351 g/mol. The predicted octanol–water partition coefficient (Wildman–Crippen LogP) is 2.23. The first-order valence-electron chi connectivity index (χ1n) is 7.92. The number of rotatable bonds is 4. The lowest BCUT2D eigenvalue weighted by atomic mass is 9.89. The molecule has 26 heavy (non-hydrogen) atoms. The van der Waals surface area contributed by atoms with Crippen LogP contribution in [0.3, 0.4) is 0 Å². The van der Waals surface area contributed by atoms with Crippen molar-refractivity contribution in [2.75, 3.05) is 13.1 Å². The van der Waals surface area contributed by atoms with E-state index in [1.165, 1.54) is 4.90 Å². The molecule has 1 saturated heterocycles. The summed E-state index contributed by atoms with van der Waals surface area (Å²) < 4.78 is 38.7. The smallest absolute Gasteiger partial charge is 0.435 e. The molecule has 0 saturated carbocycles. The third-order valence-corrected chi connectivity index (χ3v) is 4.45. The van der Waals surface area contributed by atoms with Gasteiger partial charge in [0.15, 0.2) is 5.69 Å². The van der Waals surface area contributed by atoms with Gasteiger partial charge in [0.25, 0.3) is 0 Å². The van der Waals surface area contributed by atoms with E-state index in [1.807, 2.05) is 6.07 Å². The maximum atomic E-state index is 12.6. The number of hydrogen-bond acceptors (Lipinski definition) is 3. The molecule has 1 aliphatic heterocycles. The highest BCUT2D eigenvalue weighted by Gasteiger charge is 2.40. The highest BCUT2D eigenvalue weighted by atomic mass is 19.4. The maximum Gasteiger partial charge on any atom is 0.435 e. The van der Waals surface area contributed by atoms with Gasteiger partial charge in [0.1, 0.15) is 6.54 Å². The molecule has 6 nitrogen and oxygen atoms in total. The average Bonchev–Trinajstić information content (AvgIpc) is 3.22. The van der Waals surface area contributed by atoms with Gasteiger partial charge < -0.3 is 10.0 Å². The average molecular weight is 367 g/mol. The Morgan fingerprint density at radius 2 is 1.85 bits per heavy atom. The summed E-state index contributed by atoms with van der Waals surface area (Å²) in [6, 6.07) is 9.80. The summed E-state index contributed by atoms with van der Waals surface area (Å²) in [6.45, 7) is -0.155. The van der Waals surface area contributed by atoms with Crippen molar-refractivity contribution in [3.63, 3.8) is 0 Å². The summed E-state index contributed by atoms with van der Waals surface area (Å²) in [7, 11) is 0. The Bertz CT molecular complexity index is 804. The van der Waals surface area contributed by atoms with Gasteiger partial charge >= 0.3 is 12.1 Å². The quantitative estimate of drug-likeness (QED) is 0.899. The van der Waals surface area contributed by atoms with Gasteiger partial charge in [-0.25, -0.2) is 0 Å². The molecule has 0 bridgehead atoms. The number of nitrogens with zero attached hydrogens (tertiary/aromatic N) is 3. The van der Waals surface area contributed by atoms with E-state index in [0.29, 0.717) is 0 Å². The lowest BCUT2D eigenvalue weighted by molar-refractivity contribution is -0.143. The molecule has 2 atom stereocenters. The maximum absolute atomic E-state index is 12.6. The molecule has 2 unspecified atom stereocenters. The molecule has 9 heteroatoms. The molecule has 1 N–H and O–H groups in total. The summed E-state index contributed by atoms with van der Waals surface area (Å²) >= 11 is 0. The topological polar surface area (TPSA) is 75.4 Å². The van der Waals surface area contributed by atoms with Crippen LogP contribution in [0.1, 0.15) is 17.2 Å². The monoisotopic (exact) mass is 367 g/mol. The Hall–Kier alpha value is -2.84. The second kappa shape index (κ2) is 6.81. The zero-order valence-electron chi connectivity index (χ0n) is 13.6. The minimum Gasteiger partial charge on any atom is -0.481 e. The molecular formula is C17H16F3N3O3. The summed E-state index contributed by atoms with van der Waals surface area (Å²) in [6.07, 6.45) is -3.49. The van der Waals surface area contributed by atoms with Crippen LogP contribution in [0.2, 0.25) is 0 Å². The third-order valence-electron chi connectivity index (χ3n) is 4.45. The van der Waals surface area contributed by atoms with Gasteiger partial charge in [-0.1, -0.05) is 30.3 Å². The van der Waals surface area contributed by atoms with E-state index in [2.05, 4.69) is 5.10 Å². The van der Waals surface area contributed by atoms with Gasteiger partial charge in [-0.3, -0.25) is 14.3 Å². The fourth-order valence-corrected chi connectivity index (χ4v) is 3.14. The number of benzene rings is 1. The van der Waals surface area contributed by atoms with Crippen molar-refractivity contribution in [2.24, 2.45) is 5.92 Å². The van der Waals surface area contributed by atoms with Gasteiger partial charge in [-0.2, -0.15) is 18.3 Å². The van der Waals surface area contributed by atoms with E-state index in [1.54, 1.807) is 24.3 Å². The van der Waals surface area contributed by atoms with Gasteiger partial charge in [0.2, 0.25) is 5.91 Å². The number of aliphatic carboxylic acids is 1. The summed E-state index contributed by atoms with van der Waals surface area (Å²) in [5, 5.41) is 12.8. The molecule has 138 valence electrons. The van der Waals surface area contributed by atoms with Crippen molar-refractivity contribution in [3.05, 3.63) is 53.9 Å². The SMILES string of the molecule is O=C(O)C1CN(C(=O)Cn2ccc(C(F)(F)F)n2)CC1c1ccccc1. The van der Waals surface area contributed by atoms with Crippen molar-refractivity contribution in [1.29, 1.82) is 0 Å². The first-order chi connectivity index (χ1) is 12.3. The number of likely N-dealkylation sites (tertiary alicyclic amines) is 1. The minimum absolute atomic E-state index is 0.0150. The zero-order valence-corrected chi connectivity index (χ0v) is 13.6. The number of aromatic nitrogens is 2. The highest BCUT2D eigenvalue weighted by Crippen LogP contribution is 2.33. The van der Waals surface area contributed by atoms with E-state index in [4.69, 9.17) is 0 Å². The Kier molecular flexibility index (Phi) is 4.71. The third kappa shape index (κ3) is 3.71. The van der Waals surface area contributed by atoms with Gasteiger partial charge in [0.05, 0.1) is 5.92 Å². The lowest BCUT2D eigenvalue weighted by Crippen LogP contribution is -2.33. The fraction of sp³-hybridized carbons (Fsp3) is 0.353. The Labute approximate surface area is 146 Å². The summed E-state index contributed by atoms with van der Waals surface area (Å²) in [4.78, 5) is 25.3. The van der Waals surface area contributed by atoms with Crippen LogP contribution in [0.25, 0.3) is 0 Å². The van der Waals surface area contributed by atoms with Crippen LogP contribution in [0.5, 0.6) is 0 Å². The molecule has 0 aliphatic carbocycles. The fourth-order valence-electron chi connectivity index (χ4n) is 3.14. The van der Waals surface area contributed by atoms with Crippen LogP contribution in [0.4, 0.5) is 13.2 Å². The van der Waals surface area contributed by atoms with Crippen LogP contribution >= 0.6 is 0 Å². The van der Waals surface area contributed by atoms with Crippen LogP contribution in [-0.2, 0) is 22.3 Å². The molecule has 3 rings (SSSR count). The van der Waals surface area contributed by atoms with Crippen molar-refractivity contribution in [1.82, 2.24) is 14.7 Å². The Morgan fingerprint density at radius 3 is 2.42 bits per heavy atom. The van der Waals surface area contributed by atoms with Crippen molar-refractivity contribution >= 4 is 11.9 Å². The van der Waals surface area contributed by atoms with Crippen molar-refractivity contribution < 1.29 is 27.9 Å². The van der Waals surface area contributed by atoms with E-state index in [9.17, 15) is 27.9 Å². The van der Waals surface area contributed by atoms with Crippen LogP contribution in [0.15, 0.2) is 42.6 Å². The van der Waals surface area contributed by atoms with Gasteiger partial charge in [0, 0.05) is 25.2 Å². The zero-order chi connectivity index (χ0) is 18.9. The molecule has 0 radical (unpaired) electrons. The van der Waals surface area contributed by atoms with E-state index < -0.39 is 29.7 Å². The first kappa shape index (κ1) is 18.0. The van der Waals surface area contributed by atoms with Gasteiger partial charge in [-0.05, 0) is 11.6 Å². The second-order valence-corrected chi connectivity index (χ2v) is 6.16. The van der Waals surface area contributed by atoms with E-state index in [-0.39, 0.29) is 25.6 Å². The number of alkyl halides is 3. The second-order valence-electron chi connectivity index (χ2n) is 6.16.